The van der Waals surface area contributed by atoms with Gasteiger partial charge in [-0.1, -0.05) is 11.0 Å². The monoisotopic (exact) mass is 173 g/mol. The molecule has 2 aromatic rings. The van der Waals surface area contributed by atoms with Crippen molar-refractivity contribution in [3.8, 4) is 0 Å². The molecule has 0 radical (unpaired) electrons. The van der Waals surface area contributed by atoms with Crippen LogP contribution in [-0.2, 0) is 7.05 Å². The molecule has 4 heteroatoms. The highest BCUT2D eigenvalue weighted by Gasteiger charge is 2.07. The van der Waals surface area contributed by atoms with E-state index in [1.807, 2.05) is 7.05 Å². The van der Waals surface area contributed by atoms with Crippen LogP contribution < -0.4 is 5.46 Å². The van der Waals surface area contributed by atoms with Crippen molar-refractivity contribution in [2.45, 2.75) is 13.8 Å². The standard InChI is InChI=1S/C9H12BN3/c1-5-6(2)9-8(4-7(5)10)11-13(3)12-9/h4H,10H2,1-3H3. The van der Waals surface area contributed by atoms with Crippen LogP contribution in [0.4, 0.5) is 0 Å². The molecule has 13 heavy (non-hydrogen) atoms. The molecular weight excluding hydrogens is 161 g/mol. The van der Waals surface area contributed by atoms with E-state index in [9.17, 15) is 0 Å². The second-order valence-electron chi connectivity index (χ2n) is 3.50. The third-order valence-electron chi connectivity index (χ3n) is 2.60. The van der Waals surface area contributed by atoms with Gasteiger partial charge in [-0.05, 0) is 25.5 Å². The first-order valence-electron chi connectivity index (χ1n) is 4.37. The highest BCUT2D eigenvalue weighted by molar-refractivity contribution is 6.34. The largest absolute Gasteiger partial charge is 0.187 e. The van der Waals surface area contributed by atoms with E-state index in [0.29, 0.717) is 0 Å². The second-order valence-corrected chi connectivity index (χ2v) is 3.50. The first kappa shape index (κ1) is 8.29. The van der Waals surface area contributed by atoms with Crippen molar-refractivity contribution < 1.29 is 0 Å². The van der Waals surface area contributed by atoms with E-state index in [1.54, 1.807) is 4.80 Å². The summed E-state index contributed by atoms with van der Waals surface area (Å²) in [4.78, 5) is 1.62. The van der Waals surface area contributed by atoms with Gasteiger partial charge < -0.3 is 0 Å². The van der Waals surface area contributed by atoms with Gasteiger partial charge in [0.05, 0.1) is 0 Å². The van der Waals surface area contributed by atoms with Crippen LogP contribution in [0.1, 0.15) is 11.1 Å². The van der Waals surface area contributed by atoms with E-state index in [0.717, 1.165) is 11.0 Å². The molecule has 0 aliphatic carbocycles. The summed E-state index contributed by atoms with van der Waals surface area (Å²) < 4.78 is 0. The number of benzene rings is 1. The first-order valence-corrected chi connectivity index (χ1v) is 4.37. The molecule has 0 bridgehead atoms. The van der Waals surface area contributed by atoms with Crippen molar-refractivity contribution in [3.05, 3.63) is 17.2 Å². The van der Waals surface area contributed by atoms with Crippen LogP contribution in [0, 0.1) is 13.8 Å². The molecule has 0 amide bonds. The lowest BCUT2D eigenvalue weighted by molar-refractivity contribution is 0.665. The summed E-state index contributed by atoms with van der Waals surface area (Å²) in [7, 11) is 3.96. The Bertz CT molecular complexity index is 473. The molecular formula is C9H12BN3. The Morgan fingerprint density at radius 3 is 2.62 bits per heavy atom. The van der Waals surface area contributed by atoms with Gasteiger partial charge in [0.2, 0.25) is 0 Å². The maximum Gasteiger partial charge on any atom is 0.139 e. The molecule has 0 fully saturated rings. The van der Waals surface area contributed by atoms with Crippen LogP contribution in [0.2, 0.25) is 0 Å². The van der Waals surface area contributed by atoms with Crippen LogP contribution >= 0.6 is 0 Å². The van der Waals surface area contributed by atoms with Crippen molar-refractivity contribution >= 4 is 24.3 Å². The fraction of sp³-hybridized carbons (Fsp3) is 0.333. The number of nitrogens with zero attached hydrogens (tertiary/aromatic N) is 3. The van der Waals surface area contributed by atoms with Crippen molar-refractivity contribution in [2.24, 2.45) is 7.05 Å². The molecule has 0 unspecified atom stereocenters. The lowest BCUT2D eigenvalue weighted by Gasteiger charge is -2.03. The van der Waals surface area contributed by atoms with Crippen molar-refractivity contribution in [1.29, 1.82) is 0 Å². The van der Waals surface area contributed by atoms with Gasteiger partial charge in [0.15, 0.2) is 0 Å². The van der Waals surface area contributed by atoms with Crippen LogP contribution in [0.25, 0.3) is 11.0 Å². The molecule has 0 spiro atoms. The summed E-state index contributed by atoms with van der Waals surface area (Å²) in [6, 6.07) is 2.09. The van der Waals surface area contributed by atoms with E-state index in [2.05, 4.69) is 38.0 Å². The zero-order valence-electron chi connectivity index (χ0n) is 8.42. The van der Waals surface area contributed by atoms with E-state index in [-0.39, 0.29) is 0 Å². The molecule has 0 saturated carbocycles. The number of fused-ring (bicyclic) bond motifs is 1. The zero-order chi connectivity index (χ0) is 9.59. The first-order chi connectivity index (χ1) is 6.09. The third-order valence-corrected chi connectivity index (χ3v) is 2.60. The summed E-state index contributed by atoms with van der Waals surface area (Å²) in [6.07, 6.45) is 0. The number of hydrogen-bond acceptors (Lipinski definition) is 2. The average Bonchev–Trinajstić information content (AvgIpc) is 2.42. The Morgan fingerprint density at radius 1 is 1.23 bits per heavy atom. The fourth-order valence-electron chi connectivity index (χ4n) is 1.57. The maximum absolute atomic E-state index is 4.32. The molecule has 0 aliphatic heterocycles. The summed E-state index contributed by atoms with van der Waals surface area (Å²) in [6.45, 7) is 4.22. The SMILES string of the molecule is Bc1cc2nn(C)nc2c(C)c1C. The average molecular weight is 173 g/mol. The maximum atomic E-state index is 4.32. The lowest BCUT2D eigenvalue weighted by Crippen LogP contribution is -2.08. The Hall–Kier alpha value is -1.32. The Balaban J connectivity index is 2.92. The highest BCUT2D eigenvalue weighted by Crippen LogP contribution is 2.15. The van der Waals surface area contributed by atoms with Gasteiger partial charge in [-0.2, -0.15) is 15.0 Å². The van der Waals surface area contributed by atoms with Crippen molar-refractivity contribution in [1.82, 2.24) is 15.0 Å². The number of hydrogen-bond donors (Lipinski definition) is 0. The normalized spacial score (nSPS) is 11.0. The summed E-state index contributed by atoms with van der Waals surface area (Å²) >= 11 is 0. The van der Waals surface area contributed by atoms with Crippen LogP contribution in [0.3, 0.4) is 0 Å². The molecule has 0 atom stereocenters. The van der Waals surface area contributed by atoms with Gasteiger partial charge in [-0.15, -0.1) is 0 Å². The second kappa shape index (κ2) is 2.59. The van der Waals surface area contributed by atoms with Crippen LogP contribution in [0.5, 0.6) is 0 Å². The molecule has 3 nitrogen and oxygen atoms in total. The summed E-state index contributed by atoms with van der Waals surface area (Å²) in [5.74, 6) is 0. The van der Waals surface area contributed by atoms with Gasteiger partial charge in [0.25, 0.3) is 0 Å². The minimum Gasteiger partial charge on any atom is -0.187 e. The number of aromatic nitrogens is 3. The fourth-order valence-corrected chi connectivity index (χ4v) is 1.57. The van der Waals surface area contributed by atoms with Crippen molar-refractivity contribution in [2.75, 3.05) is 0 Å². The van der Waals surface area contributed by atoms with Gasteiger partial charge in [0.1, 0.15) is 18.9 Å². The van der Waals surface area contributed by atoms with Crippen LogP contribution in [0.15, 0.2) is 6.07 Å². The quantitative estimate of drug-likeness (QED) is 0.518. The topological polar surface area (TPSA) is 30.7 Å². The van der Waals surface area contributed by atoms with E-state index >= 15 is 0 Å². The molecule has 0 aliphatic rings. The summed E-state index contributed by atoms with van der Waals surface area (Å²) in [5, 5.41) is 8.60. The van der Waals surface area contributed by atoms with E-state index < -0.39 is 0 Å². The third kappa shape index (κ3) is 1.13. The minimum absolute atomic E-state index is 0.989. The Kier molecular flexibility index (Phi) is 1.65. The molecule has 1 heterocycles. The van der Waals surface area contributed by atoms with Crippen molar-refractivity contribution in [3.63, 3.8) is 0 Å². The van der Waals surface area contributed by atoms with Gasteiger partial charge >= 0.3 is 0 Å². The predicted octanol–water partition coefficient (Wildman–Crippen LogP) is -0.156. The molecule has 1 aromatic carbocycles. The smallest absolute Gasteiger partial charge is 0.139 e. The van der Waals surface area contributed by atoms with E-state index in [1.165, 1.54) is 16.6 Å². The Morgan fingerprint density at radius 2 is 1.92 bits per heavy atom. The minimum atomic E-state index is 0.989. The van der Waals surface area contributed by atoms with Gasteiger partial charge in [-0.3, -0.25) is 0 Å². The zero-order valence-corrected chi connectivity index (χ0v) is 8.42. The molecule has 0 N–H and O–H groups in total. The Labute approximate surface area is 78.2 Å². The molecule has 66 valence electrons. The lowest BCUT2D eigenvalue weighted by atomic mass is 9.88. The highest BCUT2D eigenvalue weighted by atomic mass is 15.4. The number of rotatable bonds is 0. The molecule has 2 rings (SSSR count). The van der Waals surface area contributed by atoms with Gasteiger partial charge in [0, 0.05) is 7.05 Å². The van der Waals surface area contributed by atoms with Crippen LogP contribution in [-0.4, -0.2) is 22.8 Å². The molecule has 0 saturated heterocycles. The van der Waals surface area contributed by atoms with E-state index in [4.69, 9.17) is 0 Å². The predicted molar refractivity (Wildman–Crippen MR) is 56.2 cm³/mol. The number of aryl methyl sites for hydroxylation is 2. The molecule has 1 aromatic heterocycles. The summed E-state index contributed by atoms with van der Waals surface area (Å²) in [5.41, 5.74) is 5.84. The van der Waals surface area contributed by atoms with Gasteiger partial charge in [-0.25, -0.2) is 0 Å².